The normalized spacial score (nSPS) is 17.9. The number of amides is 1. The highest BCUT2D eigenvalue weighted by Gasteiger charge is 2.38. The van der Waals surface area contributed by atoms with E-state index in [4.69, 9.17) is 9.47 Å². The van der Waals surface area contributed by atoms with Crippen LogP contribution in [-0.4, -0.2) is 24.5 Å². The number of carbonyl (C=O) groups excluding carboxylic acids is 1. The predicted molar refractivity (Wildman–Crippen MR) is 59.7 cm³/mol. The molecule has 2 rings (SSSR count). The molecule has 0 fully saturated rings. The maximum atomic E-state index is 11.5. The first-order valence-corrected chi connectivity index (χ1v) is 5.00. The molecule has 0 N–H and O–H groups in total. The molecule has 16 heavy (non-hydrogen) atoms. The zero-order valence-corrected chi connectivity index (χ0v) is 9.48. The molecule has 1 aliphatic heterocycles. The molecule has 0 aliphatic carbocycles. The Hall–Kier alpha value is -1.84. The van der Waals surface area contributed by atoms with Crippen molar-refractivity contribution < 1.29 is 14.3 Å². The second-order valence-electron chi connectivity index (χ2n) is 4.03. The number of benzene rings is 1. The van der Waals surface area contributed by atoms with Crippen molar-refractivity contribution in [3.63, 3.8) is 0 Å². The van der Waals surface area contributed by atoms with Crippen molar-refractivity contribution in [1.82, 2.24) is 0 Å². The SMILES string of the molecule is COc1ccccc1C1=NC(=O)C(C)(C)O1. The first-order valence-electron chi connectivity index (χ1n) is 5.00. The lowest BCUT2D eigenvalue weighted by molar-refractivity contribution is -0.128. The fourth-order valence-corrected chi connectivity index (χ4v) is 1.47. The predicted octanol–water partition coefficient (Wildman–Crippen LogP) is 1.78. The van der Waals surface area contributed by atoms with Crippen LogP contribution in [0.15, 0.2) is 29.3 Å². The van der Waals surface area contributed by atoms with Gasteiger partial charge in [0.05, 0.1) is 12.7 Å². The molecule has 1 aromatic rings. The summed E-state index contributed by atoms with van der Waals surface area (Å²) in [7, 11) is 1.57. The number of ether oxygens (including phenoxy) is 2. The van der Waals surface area contributed by atoms with Crippen LogP contribution in [0.3, 0.4) is 0 Å². The lowest BCUT2D eigenvalue weighted by atomic mass is 10.1. The number of hydrogen-bond acceptors (Lipinski definition) is 3. The van der Waals surface area contributed by atoms with E-state index in [1.807, 2.05) is 18.2 Å². The molecule has 4 heteroatoms. The fourth-order valence-electron chi connectivity index (χ4n) is 1.47. The van der Waals surface area contributed by atoms with Crippen LogP contribution < -0.4 is 4.74 Å². The van der Waals surface area contributed by atoms with E-state index < -0.39 is 5.60 Å². The molecular weight excluding hydrogens is 206 g/mol. The van der Waals surface area contributed by atoms with Gasteiger partial charge in [-0.05, 0) is 26.0 Å². The summed E-state index contributed by atoms with van der Waals surface area (Å²) >= 11 is 0. The molecule has 0 unspecified atom stereocenters. The van der Waals surface area contributed by atoms with E-state index >= 15 is 0 Å². The third-order valence-electron chi connectivity index (χ3n) is 2.41. The Kier molecular flexibility index (Phi) is 2.42. The van der Waals surface area contributed by atoms with Crippen LogP contribution in [0.5, 0.6) is 5.75 Å². The van der Waals surface area contributed by atoms with Crippen LogP contribution in [0.2, 0.25) is 0 Å². The van der Waals surface area contributed by atoms with E-state index in [9.17, 15) is 4.79 Å². The molecule has 0 spiro atoms. The van der Waals surface area contributed by atoms with E-state index in [1.54, 1.807) is 27.0 Å². The number of para-hydroxylation sites is 1. The van der Waals surface area contributed by atoms with E-state index in [2.05, 4.69) is 4.99 Å². The fraction of sp³-hybridized carbons (Fsp3) is 0.333. The van der Waals surface area contributed by atoms with Crippen LogP contribution in [0.4, 0.5) is 0 Å². The largest absolute Gasteiger partial charge is 0.496 e. The van der Waals surface area contributed by atoms with Gasteiger partial charge in [0.15, 0.2) is 5.60 Å². The van der Waals surface area contributed by atoms with Gasteiger partial charge in [-0.15, -0.1) is 0 Å². The van der Waals surface area contributed by atoms with Gasteiger partial charge in [-0.3, -0.25) is 4.79 Å². The van der Waals surface area contributed by atoms with Gasteiger partial charge < -0.3 is 9.47 Å². The average molecular weight is 219 g/mol. The molecule has 0 bridgehead atoms. The summed E-state index contributed by atoms with van der Waals surface area (Å²) in [6, 6.07) is 7.31. The minimum atomic E-state index is -0.879. The third kappa shape index (κ3) is 1.66. The van der Waals surface area contributed by atoms with Crippen molar-refractivity contribution in [2.45, 2.75) is 19.4 Å². The number of carbonyl (C=O) groups is 1. The minimum absolute atomic E-state index is 0.270. The van der Waals surface area contributed by atoms with Crippen molar-refractivity contribution in [1.29, 1.82) is 0 Å². The highest BCUT2D eigenvalue weighted by molar-refractivity contribution is 6.10. The molecule has 1 aromatic carbocycles. The van der Waals surface area contributed by atoms with Gasteiger partial charge in [0, 0.05) is 0 Å². The van der Waals surface area contributed by atoms with Crippen LogP contribution >= 0.6 is 0 Å². The Morgan fingerprint density at radius 2 is 2.00 bits per heavy atom. The summed E-state index contributed by atoms with van der Waals surface area (Å²) in [6.45, 7) is 3.39. The maximum Gasteiger partial charge on any atom is 0.292 e. The summed E-state index contributed by atoms with van der Waals surface area (Å²) in [5, 5.41) is 0. The van der Waals surface area contributed by atoms with Gasteiger partial charge in [-0.25, -0.2) is 0 Å². The molecule has 0 saturated carbocycles. The van der Waals surface area contributed by atoms with Gasteiger partial charge >= 0.3 is 0 Å². The highest BCUT2D eigenvalue weighted by Crippen LogP contribution is 2.27. The summed E-state index contributed by atoms with van der Waals surface area (Å²) < 4.78 is 10.7. The number of rotatable bonds is 2. The first-order chi connectivity index (χ1) is 7.54. The second kappa shape index (κ2) is 3.63. The summed E-state index contributed by atoms with van der Waals surface area (Å²) in [6.07, 6.45) is 0. The van der Waals surface area contributed by atoms with E-state index in [0.29, 0.717) is 17.2 Å². The Bertz CT molecular complexity index is 463. The molecule has 1 amide bonds. The Morgan fingerprint density at radius 3 is 2.56 bits per heavy atom. The summed E-state index contributed by atoms with van der Waals surface area (Å²) in [4.78, 5) is 15.4. The number of nitrogens with zero attached hydrogens (tertiary/aromatic N) is 1. The second-order valence-corrected chi connectivity index (χ2v) is 4.03. The van der Waals surface area contributed by atoms with Crippen LogP contribution in [0.1, 0.15) is 19.4 Å². The molecule has 0 atom stereocenters. The van der Waals surface area contributed by atoms with Crippen LogP contribution in [-0.2, 0) is 9.53 Å². The molecule has 84 valence electrons. The smallest absolute Gasteiger partial charge is 0.292 e. The highest BCUT2D eigenvalue weighted by atomic mass is 16.5. The molecule has 1 heterocycles. The Labute approximate surface area is 93.9 Å². The number of methoxy groups -OCH3 is 1. The van der Waals surface area contributed by atoms with Crippen molar-refractivity contribution in [2.24, 2.45) is 4.99 Å². The lowest BCUT2D eigenvalue weighted by Gasteiger charge is -2.16. The molecule has 1 aliphatic rings. The molecule has 0 radical (unpaired) electrons. The third-order valence-corrected chi connectivity index (χ3v) is 2.41. The zero-order valence-electron chi connectivity index (χ0n) is 9.48. The molecular formula is C12H13NO3. The van der Waals surface area contributed by atoms with Gasteiger partial charge in [-0.1, -0.05) is 12.1 Å². The van der Waals surface area contributed by atoms with Gasteiger partial charge in [0.2, 0.25) is 5.90 Å². The Balaban J connectivity index is 2.40. The Morgan fingerprint density at radius 1 is 1.31 bits per heavy atom. The summed E-state index contributed by atoms with van der Waals surface area (Å²) in [5.41, 5.74) is -0.181. The standard InChI is InChI=1S/C12H13NO3/c1-12(2)11(14)13-10(16-12)8-6-4-5-7-9(8)15-3/h4-7H,1-3H3. The number of aliphatic imine (C=N–C) groups is 1. The summed E-state index contributed by atoms with van der Waals surface area (Å²) in [5.74, 6) is 0.701. The molecule has 0 saturated heterocycles. The maximum absolute atomic E-state index is 11.5. The number of hydrogen-bond donors (Lipinski definition) is 0. The quantitative estimate of drug-likeness (QED) is 0.761. The van der Waals surface area contributed by atoms with Crippen LogP contribution in [0.25, 0.3) is 0 Å². The van der Waals surface area contributed by atoms with Gasteiger partial charge in [0.25, 0.3) is 5.91 Å². The first kappa shape index (κ1) is 10.7. The average Bonchev–Trinajstić information content (AvgIpc) is 2.53. The van der Waals surface area contributed by atoms with E-state index in [-0.39, 0.29) is 5.91 Å². The minimum Gasteiger partial charge on any atom is -0.496 e. The van der Waals surface area contributed by atoms with Crippen molar-refractivity contribution in [3.05, 3.63) is 29.8 Å². The van der Waals surface area contributed by atoms with E-state index in [1.165, 1.54) is 0 Å². The van der Waals surface area contributed by atoms with Crippen LogP contribution in [0, 0.1) is 0 Å². The van der Waals surface area contributed by atoms with E-state index in [0.717, 1.165) is 0 Å². The van der Waals surface area contributed by atoms with Gasteiger partial charge in [0.1, 0.15) is 5.75 Å². The van der Waals surface area contributed by atoms with Crippen molar-refractivity contribution >= 4 is 11.8 Å². The lowest BCUT2D eigenvalue weighted by Crippen LogP contribution is -2.29. The monoisotopic (exact) mass is 219 g/mol. The topological polar surface area (TPSA) is 47.9 Å². The van der Waals surface area contributed by atoms with Crippen molar-refractivity contribution in [3.8, 4) is 5.75 Å². The van der Waals surface area contributed by atoms with Crippen molar-refractivity contribution in [2.75, 3.05) is 7.11 Å². The molecule has 0 aromatic heterocycles. The zero-order chi connectivity index (χ0) is 11.8. The van der Waals surface area contributed by atoms with Gasteiger partial charge in [-0.2, -0.15) is 4.99 Å². The molecule has 4 nitrogen and oxygen atoms in total.